The van der Waals surface area contributed by atoms with Crippen LogP contribution in [0.25, 0.3) is 11.1 Å². The molecule has 2 rings (SSSR count). The molecule has 0 aliphatic rings. The Hall–Kier alpha value is -0.970. The van der Waals surface area contributed by atoms with Crippen LogP contribution in [0, 0.1) is 11.6 Å². The van der Waals surface area contributed by atoms with Gasteiger partial charge in [0.15, 0.2) is 5.82 Å². The van der Waals surface area contributed by atoms with Gasteiger partial charge in [-0.15, -0.1) is 0 Å². The van der Waals surface area contributed by atoms with Gasteiger partial charge in [0, 0.05) is 22.1 Å². The van der Waals surface area contributed by atoms with Crippen LogP contribution in [0.4, 0.5) is 8.78 Å². The highest BCUT2D eigenvalue weighted by molar-refractivity contribution is 9.10. The summed E-state index contributed by atoms with van der Waals surface area (Å²) in [5, 5.41) is 0.00567. The zero-order valence-corrected chi connectivity index (χ0v) is 11.5. The summed E-state index contributed by atoms with van der Waals surface area (Å²) in [4.78, 5) is 0. The summed E-state index contributed by atoms with van der Waals surface area (Å²) in [6.45, 7) is 0.0611. The normalized spacial score (nSPS) is 10.7. The molecule has 0 heterocycles. The van der Waals surface area contributed by atoms with Crippen molar-refractivity contribution in [1.82, 2.24) is 0 Å². The number of rotatable bonds is 2. The van der Waals surface area contributed by atoms with Gasteiger partial charge in [0.1, 0.15) is 5.82 Å². The van der Waals surface area contributed by atoms with Crippen molar-refractivity contribution in [3.05, 3.63) is 57.0 Å². The number of hydrogen-bond donors (Lipinski definition) is 1. The number of benzene rings is 2. The highest BCUT2D eigenvalue weighted by Crippen LogP contribution is 2.33. The van der Waals surface area contributed by atoms with Gasteiger partial charge in [-0.1, -0.05) is 23.7 Å². The molecule has 0 saturated heterocycles. The average Bonchev–Trinajstić information content (AvgIpc) is 2.37. The summed E-state index contributed by atoms with van der Waals surface area (Å²) in [7, 11) is 0. The van der Waals surface area contributed by atoms with E-state index in [-0.39, 0.29) is 11.6 Å². The lowest BCUT2D eigenvalue weighted by atomic mass is 10.0. The maximum Gasteiger partial charge on any atom is 0.150 e. The van der Waals surface area contributed by atoms with Crippen molar-refractivity contribution in [3.63, 3.8) is 0 Å². The lowest BCUT2D eigenvalue weighted by Gasteiger charge is -2.08. The summed E-state index contributed by atoms with van der Waals surface area (Å²) in [5.41, 5.74) is 6.62. The van der Waals surface area contributed by atoms with Crippen LogP contribution in [0.15, 0.2) is 34.8 Å². The Morgan fingerprint density at radius 1 is 1.17 bits per heavy atom. The van der Waals surface area contributed by atoms with E-state index < -0.39 is 11.6 Å². The Labute approximate surface area is 117 Å². The molecule has 1 nitrogen and oxygen atoms in total. The Kier molecular flexibility index (Phi) is 4.00. The number of hydrogen-bond acceptors (Lipinski definition) is 1. The van der Waals surface area contributed by atoms with E-state index in [0.717, 1.165) is 0 Å². The van der Waals surface area contributed by atoms with Gasteiger partial charge in [0.2, 0.25) is 0 Å². The van der Waals surface area contributed by atoms with E-state index in [9.17, 15) is 8.78 Å². The Morgan fingerprint density at radius 3 is 2.56 bits per heavy atom. The van der Waals surface area contributed by atoms with E-state index in [0.29, 0.717) is 21.2 Å². The topological polar surface area (TPSA) is 26.0 Å². The molecule has 0 aliphatic carbocycles. The summed E-state index contributed by atoms with van der Waals surface area (Å²) >= 11 is 8.96. The summed E-state index contributed by atoms with van der Waals surface area (Å²) in [6, 6.07) is 7.52. The van der Waals surface area contributed by atoms with Crippen LogP contribution in [0.1, 0.15) is 5.56 Å². The molecule has 0 atom stereocenters. The molecule has 0 unspecified atom stereocenters. The van der Waals surface area contributed by atoms with Gasteiger partial charge >= 0.3 is 0 Å². The molecule has 0 aromatic heterocycles. The van der Waals surface area contributed by atoms with Crippen LogP contribution in [-0.2, 0) is 6.54 Å². The van der Waals surface area contributed by atoms with Crippen molar-refractivity contribution in [2.24, 2.45) is 5.73 Å². The SMILES string of the molecule is NCc1cc(-c2ccc(Br)c(Cl)c2F)ccc1F. The van der Waals surface area contributed by atoms with E-state index >= 15 is 0 Å². The van der Waals surface area contributed by atoms with Crippen molar-refractivity contribution in [1.29, 1.82) is 0 Å². The molecule has 0 radical (unpaired) electrons. The first-order valence-corrected chi connectivity index (χ1v) is 6.34. The van der Waals surface area contributed by atoms with Crippen molar-refractivity contribution in [2.75, 3.05) is 0 Å². The van der Waals surface area contributed by atoms with Crippen LogP contribution in [0.2, 0.25) is 5.02 Å². The third-order valence-electron chi connectivity index (χ3n) is 2.61. The van der Waals surface area contributed by atoms with Crippen LogP contribution in [0.5, 0.6) is 0 Å². The second kappa shape index (κ2) is 5.34. The first-order valence-electron chi connectivity index (χ1n) is 5.17. The van der Waals surface area contributed by atoms with Crippen LogP contribution in [0.3, 0.4) is 0 Å². The van der Waals surface area contributed by atoms with E-state index in [1.807, 2.05) is 0 Å². The quantitative estimate of drug-likeness (QED) is 0.805. The lowest BCUT2D eigenvalue weighted by molar-refractivity contribution is 0.610. The summed E-state index contributed by atoms with van der Waals surface area (Å²) in [6.07, 6.45) is 0. The predicted octanol–water partition coefficient (Wildman–Crippen LogP) is 4.51. The van der Waals surface area contributed by atoms with E-state index in [1.165, 1.54) is 18.2 Å². The minimum atomic E-state index is -0.541. The lowest BCUT2D eigenvalue weighted by Crippen LogP contribution is -2.00. The maximum absolute atomic E-state index is 14.0. The fraction of sp³-hybridized carbons (Fsp3) is 0.0769. The standard InChI is InChI=1S/C13H9BrClF2N/c14-10-3-2-9(13(17)12(10)15)7-1-4-11(16)8(5-7)6-18/h1-5H,6,18H2. The van der Waals surface area contributed by atoms with Crippen molar-refractivity contribution >= 4 is 27.5 Å². The molecule has 94 valence electrons. The van der Waals surface area contributed by atoms with Crippen LogP contribution >= 0.6 is 27.5 Å². The molecule has 0 spiro atoms. The molecule has 5 heteroatoms. The zero-order chi connectivity index (χ0) is 13.3. The first-order chi connectivity index (χ1) is 8.54. The van der Waals surface area contributed by atoms with Gasteiger partial charge in [-0.2, -0.15) is 0 Å². The maximum atomic E-state index is 14.0. The predicted molar refractivity (Wildman–Crippen MR) is 72.4 cm³/mol. The third-order valence-corrected chi connectivity index (χ3v) is 3.87. The van der Waals surface area contributed by atoms with Gasteiger partial charge in [-0.25, -0.2) is 8.78 Å². The molecule has 0 bridgehead atoms. The van der Waals surface area contributed by atoms with Crippen LogP contribution < -0.4 is 5.73 Å². The second-order valence-corrected chi connectivity index (χ2v) is 4.97. The number of halogens is 4. The fourth-order valence-corrected chi connectivity index (χ4v) is 2.12. The first kappa shape index (κ1) is 13.5. The summed E-state index contributed by atoms with van der Waals surface area (Å²) < 4.78 is 27.8. The zero-order valence-electron chi connectivity index (χ0n) is 9.18. The van der Waals surface area contributed by atoms with Gasteiger partial charge in [0.25, 0.3) is 0 Å². The molecule has 2 aromatic carbocycles. The van der Waals surface area contributed by atoms with Crippen LogP contribution in [-0.4, -0.2) is 0 Å². The molecule has 0 aliphatic heterocycles. The molecule has 2 aromatic rings. The van der Waals surface area contributed by atoms with Gasteiger partial charge in [-0.3, -0.25) is 0 Å². The molecule has 0 amide bonds. The summed E-state index contributed by atoms with van der Waals surface area (Å²) in [5.74, 6) is -0.939. The second-order valence-electron chi connectivity index (χ2n) is 3.73. The smallest absolute Gasteiger partial charge is 0.150 e. The molecule has 18 heavy (non-hydrogen) atoms. The van der Waals surface area contributed by atoms with Gasteiger partial charge in [0.05, 0.1) is 5.02 Å². The highest BCUT2D eigenvalue weighted by atomic mass is 79.9. The highest BCUT2D eigenvalue weighted by Gasteiger charge is 2.13. The number of nitrogens with two attached hydrogens (primary N) is 1. The third kappa shape index (κ3) is 2.41. The minimum absolute atomic E-state index is 0.00567. The van der Waals surface area contributed by atoms with E-state index in [1.54, 1.807) is 12.1 Å². The van der Waals surface area contributed by atoms with Crippen molar-refractivity contribution < 1.29 is 8.78 Å². The monoisotopic (exact) mass is 331 g/mol. The fourth-order valence-electron chi connectivity index (χ4n) is 1.65. The average molecular weight is 333 g/mol. The van der Waals surface area contributed by atoms with Crippen molar-refractivity contribution in [3.8, 4) is 11.1 Å². The molecule has 2 N–H and O–H groups in total. The minimum Gasteiger partial charge on any atom is -0.326 e. The van der Waals surface area contributed by atoms with Crippen molar-refractivity contribution in [2.45, 2.75) is 6.54 Å². The Morgan fingerprint density at radius 2 is 1.89 bits per heavy atom. The largest absolute Gasteiger partial charge is 0.326 e. The Balaban J connectivity index is 2.59. The molecule has 0 fully saturated rings. The van der Waals surface area contributed by atoms with Gasteiger partial charge < -0.3 is 5.73 Å². The Bertz CT molecular complexity index is 602. The van der Waals surface area contributed by atoms with E-state index in [2.05, 4.69) is 15.9 Å². The molecule has 0 saturated carbocycles. The van der Waals surface area contributed by atoms with E-state index in [4.69, 9.17) is 17.3 Å². The molecular formula is C13H9BrClF2N. The molecular weight excluding hydrogens is 324 g/mol. The van der Waals surface area contributed by atoms with Gasteiger partial charge in [-0.05, 0) is 39.7 Å².